The van der Waals surface area contributed by atoms with Gasteiger partial charge < -0.3 is 10.2 Å². The van der Waals surface area contributed by atoms with E-state index in [9.17, 15) is 9.90 Å². The monoisotopic (exact) mass is 200 g/mol. The van der Waals surface area contributed by atoms with Crippen LogP contribution in [-0.2, 0) is 0 Å². The number of carboxylic acids is 1. The molecule has 0 aromatic heterocycles. The Bertz CT molecular complexity index is 549. The normalized spacial score (nSPS) is 10.4. The van der Waals surface area contributed by atoms with Crippen molar-refractivity contribution in [2.24, 2.45) is 0 Å². The molecule has 74 valence electrons. The van der Waals surface area contributed by atoms with Crippen LogP contribution in [0.1, 0.15) is 10.4 Å². The molecule has 2 rings (SSSR count). The Morgan fingerprint density at radius 2 is 1.87 bits per heavy atom. The number of fused-ring (bicyclic) bond motifs is 1. The van der Waals surface area contributed by atoms with E-state index in [1.807, 2.05) is 26.0 Å². The molecule has 0 saturated carbocycles. The first kappa shape index (κ1) is 9.58. The zero-order valence-corrected chi connectivity index (χ0v) is 8.19. The maximum absolute atomic E-state index is 10.8. The summed E-state index contributed by atoms with van der Waals surface area (Å²) >= 11 is 0. The Hall–Kier alpha value is -1.97. The zero-order valence-electron chi connectivity index (χ0n) is 8.19. The van der Waals surface area contributed by atoms with Crippen LogP contribution >= 0.6 is 0 Å². The van der Waals surface area contributed by atoms with Crippen molar-refractivity contribution in [3.8, 4) is 5.75 Å². The van der Waals surface area contributed by atoms with Crippen LogP contribution in [0.4, 0.5) is 0 Å². The van der Waals surface area contributed by atoms with Crippen molar-refractivity contribution in [3.05, 3.63) is 35.9 Å². The van der Waals surface area contributed by atoms with Gasteiger partial charge in [-0.3, -0.25) is 0 Å². The molecule has 0 saturated heterocycles. The smallest absolute Gasteiger partial charge is 0.339 e. The van der Waals surface area contributed by atoms with Crippen molar-refractivity contribution < 1.29 is 15.0 Å². The van der Waals surface area contributed by atoms with Gasteiger partial charge in [-0.05, 0) is 22.9 Å². The molecule has 0 heterocycles. The van der Waals surface area contributed by atoms with E-state index in [0.29, 0.717) is 0 Å². The topological polar surface area (TPSA) is 57.5 Å². The average molecular weight is 200 g/mol. The molecular formula is C11H9BO3. The van der Waals surface area contributed by atoms with Gasteiger partial charge in [0.15, 0.2) is 0 Å². The molecule has 0 unspecified atom stereocenters. The zero-order chi connectivity index (χ0) is 11.0. The van der Waals surface area contributed by atoms with Gasteiger partial charge in [-0.15, -0.1) is 0 Å². The Balaban J connectivity index is 2.77. The lowest BCUT2D eigenvalue weighted by molar-refractivity contribution is 0.0694. The van der Waals surface area contributed by atoms with Crippen LogP contribution < -0.4 is 5.46 Å². The highest BCUT2D eigenvalue weighted by molar-refractivity contribution is 6.33. The number of benzene rings is 2. The van der Waals surface area contributed by atoms with Crippen molar-refractivity contribution in [3.63, 3.8) is 0 Å². The Morgan fingerprint density at radius 1 is 1.13 bits per heavy atom. The van der Waals surface area contributed by atoms with Gasteiger partial charge in [-0.2, -0.15) is 0 Å². The van der Waals surface area contributed by atoms with Gasteiger partial charge in [0.05, 0.1) is 0 Å². The second kappa shape index (κ2) is 3.31. The van der Waals surface area contributed by atoms with Crippen LogP contribution in [0.3, 0.4) is 0 Å². The Morgan fingerprint density at radius 3 is 2.53 bits per heavy atom. The van der Waals surface area contributed by atoms with E-state index in [4.69, 9.17) is 5.11 Å². The van der Waals surface area contributed by atoms with E-state index in [2.05, 4.69) is 0 Å². The second-order valence-electron chi connectivity index (χ2n) is 3.53. The summed E-state index contributed by atoms with van der Waals surface area (Å²) in [5, 5.41) is 20.0. The minimum absolute atomic E-state index is 0.0619. The molecule has 0 atom stereocenters. The Kier molecular flexibility index (Phi) is 2.12. The van der Waals surface area contributed by atoms with Gasteiger partial charge in [-0.1, -0.05) is 23.7 Å². The molecule has 2 N–H and O–H groups in total. The van der Waals surface area contributed by atoms with Crippen LogP contribution in [0.5, 0.6) is 5.75 Å². The molecular weight excluding hydrogens is 191 g/mol. The third-order valence-electron chi connectivity index (χ3n) is 2.34. The van der Waals surface area contributed by atoms with Gasteiger partial charge in [0.2, 0.25) is 0 Å². The number of hydrogen-bond acceptors (Lipinski definition) is 2. The van der Waals surface area contributed by atoms with E-state index in [1.54, 1.807) is 0 Å². The molecule has 15 heavy (non-hydrogen) atoms. The molecule has 0 spiro atoms. The van der Waals surface area contributed by atoms with Crippen LogP contribution in [0.25, 0.3) is 10.8 Å². The third kappa shape index (κ3) is 1.66. The third-order valence-corrected chi connectivity index (χ3v) is 2.34. The minimum Gasteiger partial charge on any atom is -0.507 e. The minimum atomic E-state index is -1.11. The standard InChI is InChI=1S/C11H9BO3/c12-8-2-1-6-5-10(13)9(11(14)15)4-7(6)3-8/h1-5,13H,12H2,(H,14,15). The first-order valence-electron chi connectivity index (χ1n) is 4.54. The van der Waals surface area contributed by atoms with Crippen LogP contribution in [-0.4, -0.2) is 24.0 Å². The summed E-state index contributed by atoms with van der Waals surface area (Å²) in [6.45, 7) is 0. The summed E-state index contributed by atoms with van der Waals surface area (Å²) < 4.78 is 0. The molecule has 4 heteroatoms. The van der Waals surface area contributed by atoms with Gasteiger partial charge in [-0.25, -0.2) is 4.79 Å². The number of phenols is 1. The fraction of sp³-hybridized carbons (Fsp3) is 0. The van der Waals surface area contributed by atoms with Crippen molar-refractivity contribution in [1.29, 1.82) is 0 Å². The number of aromatic carboxylic acids is 1. The molecule has 0 amide bonds. The van der Waals surface area contributed by atoms with Crippen molar-refractivity contribution in [1.82, 2.24) is 0 Å². The molecule has 0 fully saturated rings. The fourth-order valence-electron chi connectivity index (χ4n) is 1.58. The van der Waals surface area contributed by atoms with E-state index in [1.165, 1.54) is 12.1 Å². The molecule has 0 aliphatic heterocycles. The van der Waals surface area contributed by atoms with Crippen LogP contribution in [0.15, 0.2) is 30.3 Å². The Labute approximate surface area is 87.4 Å². The van der Waals surface area contributed by atoms with Crippen LogP contribution in [0, 0.1) is 0 Å². The first-order chi connectivity index (χ1) is 7.08. The van der Waals surface area contributed by atoms with Crippen molar-refractivity contribution in [2.75, 3.05) is 0 Å². The lowest BCUT2D eigenvalue weighted by Gasteiger charge is -2.04. The summed E-state index contributed by atoms with van der Waals surface area (Å²) in [5.74, 6) is -1.31. The number of carbonyl (C=O) groups is 1. The molecule has 0 aliphatic rings. The summed E-state index contributed by atoms with van der Waals surface area (Å²) in [6.07, 6.45) is 0. The fourth-order valence-corrected chi connectivity index (χ4v) is 1.58. The van der Waals surface area contributed by atoms with Gasteiger partial charge in [0, 0.05) is 0 Å². The van der Waals surface area contributed by atoms with Gasteiger partial charge in [0.1, 0.15) is 19.2 Å². The summed E-state index contributed by atoms with van der Waals surface area (Å²) in [6, 6.07) is 8.62. The van der Waals surface area contributed by atoms with E-state index in [-0.39, 0.29) is 11.3 Å². The number of rotatable bonds is 1. The number of carboxylic acid groups (broad SMARTS) is 1. The second-order valence-corrected chi connectivity index (χ2v) is 3.53. The quantitative estimate of drug-likeness (QED) is 0.659. The first-order valence-corrected chi connectivity index (χ1v) is 4.54. The highest BCUT2D eigenvalue weighted by atomic mass is 16.4. The molecule has 0 bridgehead atoms. The van der Waals surface area contributed by atoms with Gasteiger partial charge >= 0.3 is 5.97 Å². The summed E-state index contributed by atoms with van der Waals surface area (Å²) in [7, 11) is 1.94. The highest BCUT2D eigenvalue weighted by Gasteiger charge is 2.10. The molecule has 0 aliphatic carbocycles. The van der Waals surface area contributed by atoms with Crippen LogP contribution in [0.2, 0.25) is 0 Å². The molecule has 2 aromatic carbocycles. The van der Waals surface area contributed by atoms with Crippen molar-refractivity contribution >= 4 is 30.1 Å². The summed E-state index contributed by atoms with van der Waals surface area (Å²) in [4.78, 5) is 10.8. The maximum Gasteiger partial charge on any atom is 0.339 e. The van der Waals surface area contributed by atoms with E-state index >= 15 is 0 Å². The maximum atomic E-state index is 10.8. The largest absolute Gasteiger partial charge is 0.507 e. The molecule has 2 aromatic rings. The highest BCUT2D eigenvalue weighted by Crippen LogP contribution is 2.24. The molecule has 3 nitrogen and oxygen atoms in total. The summed E-state index contributed by atoms with van der Waals surface area (Å²) in [5.41, 5.74) is 0.998. The lowest BCUT2D eigenvalue weighted by Crippen LogP contribution is -2.01. The number of hydrogen-bond donors (Lipinski definition) is 2. The number of aromatic hydroxyl groups is 1. The lowest BCUT2D eigenvalue weighted by atomic mass is 9.93. The average Bonchev–Trinajstić information content (AvgIpc) is 2.17. The SMILES string of the molecule is Bc1ccc2cc(O)c(C(=O)O)cc2c1. The van der Waals surface area contributed by atoms with E-state index < -0.39 is 5.97 Å². The predicted molar refractivity (Wildman–Crippen MR) is 60.8 cm³/mol. The van der Waals surface area contributed by atoms with Gasteiger partial charge in [0.25, 0.3) is 0 Å². The molecule has 0 radical (unpaired) electrons. The van der Waals surface area contributed by atoms with Crippen molar-refractivity contribution in [2.45, 2.75) is 0 Å². The predicted octanol–water partition coefficient (Wildman–Crippen LogP) is 0.502. The van der Waals surface area contributed by atoms with E-state index in [0.717, 1.165) is 16.2 Å².